The lowest BCUT2D eigenvalue weighted by Gasteiger charge is -2.36. The number of aromatic nitrogens is 1. The number of aryl methyl sites for hydroxylation is 2. The number of nitrogens with zero attached hydrogens (tertiary/aromatic N) is 2. The van der Waals surface area contributed by atoms with Crippen LogP contribution >= 0.6 is 0 Å². The summed E-state index contributed by atoms with van der Waals surface area (Å²) < 4.78 is 0. The molecule has 3 rings (SSSR count). The van der Waals surface area contributed by atoms with Gasteiger partial charge in [0.2, 0.25) is 0 Å². The van der Waals surface area contributed by atoms with Crippen molar-refractivity contribution in [2.75, 3.05) is 18.0 Å². The molecule has 2 aromatic rings. The molecule has 0 N–H and O–H groups in total. The quantitative estimate of drug-likeness (QED) is 0.801. The Labute approximate surface area is 128 Å². The molecule has 1 aliphatic heterocycles. The molecule has 0 bridgehead atoms. The average molecular weight is 282 g/mol. The smallest absolute Gasteiger partial charge is 0.0709 e. The fourth-order valence-corrected chi connectivity index (χ4v) is 3.79. The Morgan fingerprint density at radius 3 is 2.52 bits per heavy atom. The van der Waals surface area contributed by atoms with Gasteiger partial charge < -0.3 is 4.90 Å². The van der Waals surface area contributed by atoms with Crippen LogP contribution in [0.1, 0.15) is 38.4 Å². The Balaban J connectivity index is 2.02. The predicted molar refractivity (Wildman–Crippen MR) is 91.0 cm³/mol. The van der Waals surface area contributed by atoms with Crippen molar-refractivity contribution in [3.8, 4) is 0 Å². The van der Waals surface area contributed by atoms with Crippen molar-refractivity contribution >= 4 is 16.6 Å². The predicted octanol–water partition coefficient (Wildman–Crippen LogP) is 4.59. The molecule has 21 heavy (non-hydrogen) atoms. The molecule has 2 heteroatoms. The summed E-state index contributed by atoms with van der Waals surface area (Å²) >= 11 is 0. The Bertz CT molecular complexity index is 637. The van der Waals surface area contributed by atoms with E-state index in [-0.39, 0.29) is 0 Å². The maximum atomic E-state index is 4.68. The summed E-state index contributed by atoms with van der Waals surface area (Å²) in [6.07, 6.45) is 2.42. The molecular formula is C19H26N2. The van der Waals surface area contributed by atoms with Crippen molar-refractivity contribution in [2.24, 2.45) is 11.8 Å². The molecular weight excluding hydrogens is 256 g/mol. The highest BCUT2D eigenvalue weighted by Crippen LogP contribution is 2.29. The zero-order valence-corrected chi connectivity index (χ0v) is 13.7. The monoisotopic (exact) mass is 282 g/mol. The first-order valence-electron chi connectivity index (χ1n) is 8.22. The number of rotatable bonds is 2. The molecule has 112 valence electrons. The lowest BCUT2D eigenvalue weighted by Crippen LogP contribution is -2.38. The summed E-state index contributed by atoms with van der Waals surface area (Å²) in [5.74, 6) is 1.57. The van der Waals surface area contributed by atoms with Crippen LogP contribution in [0.5, 0.6) is 0 Å². The van der Waals surface area contributed by atoms with Crippen molar-refractivity contribution in [3.63, 3.8) is 0 Å². The SMILES string of the molecule is CCc1cc(C)nc2ccc(N3CC(C)CC(C)C3)cc12. The largest absolute Gasteiger partial charge is 0.371 e. The van der Waals surface area contributed by atoms with Gasteiger partial charge in [0.15, 0.2) is 0 Å². The second kappa shape index (κ2) is 5.67. The van der Waals surface area contributed by atoms with Gasteiger partial charge in [0.25, 0.3) is 0 Å². The summed E-state index contributed by atoms with van der Waals surface area (Å²) in [6, 6.07) is 9.03. The van der Waals surface area contributed by atoms with E-state index < -0.39 is 0 Å². The van der Waals surface area contributed by atoms with Crippen LogP contribution in [-0.4, -0.2) is 18.1 Å². The Morgan fingerprint density at radius 1 is 1.14 bits per heavy atom. The lowest BCUT2D eigenvalue weighted by molar-refractivity contribution is 0.357. The highest BCUT2D eigenvalue weighted by Gasteiger charge is 2.22. The molecule has 1 fully saturated rings. The van der Waals surface area contributed by atoms with Crippen LogP contribution < -0.4 is 4.90 Å². The third-order valence-corrected chi connectivity index (χ3v) is 4.62. The van der Waals surface area contributed by atoms with Crippen LogP contribution in [0.25, 0.3) is 10.9 Å². The van der Waals surface area contributed by atoms with Crippen molar-refractivity contribution in [1.29, 1.82) is 0 Å². The Morgan fingerprint density at radius 2 is 1.86 bits per heavy atom. The minimum atomic E-state index is 0.784. The molecule has 1 aromatic heterocycles. The van der Waals surface area contributed by atoms with E-state index in [1.165, 1.54) is 36.1 Å². The van der Waals surface area contributed by atoms with Gasteiger partial charge in [-0.15, -0.1) is 0 Å². The first-order chi connectivity index (χ1) is 10.1. The maximum Gasteiger partial charge on any atom is 0.0709 e. The van der Waals surface area contributed by atoms with Crippen LogP contribution in [0.4, 0.5) is 5.69 Å². The van der Waals surface area contributed by atoms with E-state index in [0.717, 1.165) is 29.5 Å². The molecule has 2 unspecified atom stereocenters. The minimum Gasteiger partial charge on any atom is -0.371 e. The molecule has 2 atom stereocenters. The Kier molecular flexibility index (Phi) is 3.88. The van der Waals surface area contributed by atoms with E-state index in [2.05, 4.69) is 61.8 Å². The molecule has 0 spiro atoms. The normalized spacial score (nSPS) is 22.8. The van der Waals surface area contributed by atoms with Gasteiger partial charge in [0, 0.05) is 29.9 Å². The van der Waals surface area contributed by atoms with Gasteiger partial charge in [-0.25, -0.2) is 0 Å². The third kappa shape index (κ3) is 2.90. The zero-order chi connectivity index (χ0) is 15.0. The van der Waals surface area contributed by atoms with E-state index >= 15 is 0 Å². The number of fused-ring (bicyclic) bond motifs is 1. The molecule has 0 amide bonds. The van der Waals surface area contributed by atoms with Crippen molar-refractivity contribution in [3.05, 3.63) is 35.5 Å². The number of anilines is 1. The highest BCUT2D eigenvalue weighted by atomic mass is 15.1. The second-order valence-electron chi connectivity index (χ2n) is 6.83. The fourth-order valence-electron chi connectivity index (χ4n) is 3.79. The van der Waals surface area contributed by atoms with Crippen LogP contribution in [0.2, 0.25) is 0 Å². The zero-order valence-electron chi connectivity index (χ0n) is 13.7. The number of pyridine rings is 1. The number of hydrogen-bond acceptors (Lipinski definition) is 2. The van der Waals surface area contributed by atoms with Crippen molar-refractivity contribution < 1.29 is 0 Å². The fraction of sp³-hybridized carbons (Fsp3) is 0.526. The molecule has 2 heterocycles. The summed E-state index contributed by atoms with van der Waals surface area (Å²) in [4.78, 5) is 7.24. The molecule has 0 aliphatic carbocycles. The van der Waals surface area contributed by atoms with Crippen LogP contribution in [0.3, 0.4) is 0 Å². The van der Waals surface area contributed by atoms with E-state index in [4.69, 9.17) is 0 Å². The molecule has 0 radical (unpaired) electrons. The third-order valence-electron chi connectivity index (χ3n) is 4.62. The number of benzene rings is 1. The van der Waals surface area contributed by atoms with Crippen molar-refractivity contribution in [2.45, 2.75) is 40.5 Å². The number of hydrogen-bond donors (Lipinski definition) is 0. The van der Waals surface area contributed by atoms with Gasteiger partial charge in [-0.2, -0.15) is 0 Å². The first-order valence-corrected chi connectivity index (χ1v) is 8.22. The highest BCUT2D eigenvalue weighted by molar-refractivity contribution is 5.86. The average Bonchev–Trinajstić information content (AvgIpc) is 2.44. The summed E-state index contributed by atoms with van der Waals surface area (Å²) in [5, 5.41) is 1.33. The second-order valence-corrected chi connectivity index (χ2v) is 6.83. The van der Waals surface area contributed by atoms with Gasteiger partial charge >= 0.3 is 0 Å². The summed E-state index contributed by atoms with van der Waals surface area (Å²) in [5.41, 5.74) is 5.03. The minimum absolute atomic E-state index is 0.784. The molecule has 1 aliphatic rings. The van der Waals surface area contributed by atoms with Crippen LogP contribution in [0.15, 0.2) is 24.3 Å². The van der Waals surface area contributed by atoms with E-state index in [1.54, 1.807) is 0 Å². The van der Waals surface area contributed by atoms with Gasteiger partial charge in [-0.3, -0.25) is 4.98 Å². The van der Waals surface area contributed by atoms with Gasteiger partial charge in [0.1, 0.15) is 0 Å². The summed E-state index contributed by atoms with van der Waals surface area (Å²) in [7, 11) is 0. The van der Waals surface area contributed by atoms with Crippen LogP contribution in [0, 0.1) is 18.8 Å². The number of piperidine rings is 1. The molecule has 1 aromatic carbocycles. The van der Waals surface area contributed by atoms with Crippen LogP contribution in [-0.2, 0) is 6.42 Å². The maximum absolute atomic E-state index is 4.68. The van der Waals surface area contributed by atoms with Gasteiger partial charge in [-0.05, 0) is 61.4 Å². The topological polar surface area (TPSA) is 16.1 Å². The first kappa shape index (κ1) is 14.4. The molecule has 2 nitrogen and oxygen atoms in total. The molecule has 1 saturated heterocycles. The van der Waals surface area contributed by atoms with E-state index in [9.17, 15) is 0 Å². The lowest BCUT2D eigenvalue weighted by atomic mass is 9.91. The molecule has 0 saturated carbocycles. The Hall–Kier alpha value is -1.57. The van der Waals surface area contributed by atoms with E-state index in [0.29, 0.717) is 0 Å². The van der Waals surface area contributed by atoms with Gasteiger partial charge in [0.05, 0.1) is 5.52 Å². The standard InChI is InChI=1S/C19H26N2/c1-5-16-9-15(4)20-19-7-6-17(10-18(16)19)21-11-13(2)8-14(3)12-21/h6-7,9-10,13-14H,5,8,11-12H2,1-4H3. The van der Waals surface area contributed by atoms with Gasteiger partial charge in [-0.1, -0.05) is 20.8 Å². The van der Waals surface area contributed by atoms with E-state index in [1.807, 2.05) is 0 Å². The van der Waals surface area contributed by atoms with Crippen molar-refractivity contribution in [1.82, 2.24) is 4.98 Å². The summed E-state index contributed by atoms with van der Waals surface area (Å²) in [6.45, 7) is 11.4.